The number of nitrogens with one attached hydrogen (secondary N) is 1. The second kappa shape index (κ2) is 5.19. The summed E-state index contributed by atoms with van der Waals surface area (Å²) in [5, 5.41) is 3.31. The lowest BCUT2D eigenvalue weighted by Crippen LogP contribution is -2.57. The molecule has 1 aliphatic heterocycles. The van der Waals surface area contributed by atoms with Gasteiger partial charge < -0.3 is 5.32 Å². The molecule has 0 atom stereocenters. The molecule has 1 aliphatic rings. The lowest BCUT2D eigenvalue weighted by molar-refractivity contribution is 0.136. The van der Waals surface area contributed by atoms with Crippen LogP contribution in [-0.2, 0) is 6.54 Å². The summed E-state index contributed by atoms with van der Waals surface area (Å²) in [5.41, 5.74) is 1.12. The highest BCUT2D eigenvalue weighted by atomic mass is 15.2. The van der Waals surface area contributed by atoms with Gasteiger partial charge in [-0.1, -0.05) is 6.92 Å². The summed E-state index contributed by atoms with van der Waals surface area (Å²) in [7, 11) is 0. The van der Waals surface area contributed by atoms with Crippen LogP contribution in [0.3, 0.4) is 0 Å². The molecule has 4 heteroatoms. The van der Waals surface area contributed by atoms with E-state index >= 15 is 0 Å². The van der Waals surface area contributed by atoms with Crippen LogP contribution >= 0.6 is 0 Å². The molecule has 0 spiro atoms. The monoisotopic (exact) mass is 206 g/mol. The van der Waals surface area contributed by atoms with Gasteiger partial charge >= 0.3 is 0 Å². The maximum atomic E-state index is 4.27. The molecule has 0 aliphatic carbocycles. The van der Waals surface area contributed by atoms with Crippen molar-refractivity contribution < 1.29 is 0 Å². The van der Waals surface area contributed by atoms with Crippen molar-refractivity contribution in [3.05, 3.63) is 24.3 Å². The molecule has 0 amide bonds. The van der Waals surface area contributed by atoms with Crippen LogP contribution in [0.5, 0.6) is 0 Å². The predicted molar refractivity (Wildman–Crippen MR) is 59.4 cm³/mol. The molecule has 0 unspecified atom stereocenters. The molecule has 2 heterocycles. The van der Waals surface area contributed by atoms with Crippen LogP contribution in [-0.4, -0.2) is 40.5 Å². The Morgan fingerprint density at radius 2 is 2.40 bits per heavy atom. The van der Waals surface area contributed by atoms with Crippen LogP contribution in [0.25, 0.3) is 0 Å². The van der Waals surface area contributed by atoms with Crippen LogP contribution in [0.1, 0.15) is 19.0 Å². The first kappa shape index (κ1) is 10.5. The van der Waals surface area contributed by atoms with Crippen LogP contribution < -0.4 is 5.32 Å². The SMILES string of the molecule is CCCN(Cc1ccncn1)C1CNC1. The quantitative estimate of drug-likeness (QED) is 0.768. The van der Waals surface area contributed by atoms with Crippen molar-refractivity contribution in [2.75, 3.05) is 19.6 Å². The minimum absolute atomic E-state index is 0.694. The molecular formula is C11H18N4. The van der Waals surface area contributed by atoms with Crippen molar-refractivity contribution in [2.45, 2.75) is 25.9 Å². The third-order valence-electron chi connectivity index (χ3n) is 2.80. The van der Waals surface area contributed by atoms with Crippen LogP contribution in [0.2, 0.25) is 0 Å². The molecule has 0 saturated carbocycles. The fourth-order valence-corrected chi connectivity index (χ4v) is 1.83. The predicted octanol–water partition coefficient (Wildman–Crippen LogP) is 0.660. The smallest absolute Gasteiger partial charge is 0.115 e. The van der Waals surface area contributed by atoms with Crippen molar-refractivity contribution in [3.63, 3.8) is 0 Å². The molecule has 1 aromatic heterocycles. The number of nitrogens with zero attached hydrogens (tertiary/aromatic N) is 3. The fraction of sp³-hybridized carbons (Fsp3) is 0.636. The van der Waals surface area contributed by atoms with Gasteiger partial charge in [0.05, 0.1) is 5.69 Å². The first-order valence-electron chi connectivity index (χ1n) is 5.60. The zero-order chi connectivity index (χ0) is 10.5. The molecule has 1 aromatic rings. The van der Waals surface area contributed by atoms with E-state index in [1.165, 1.54) is 6.42 Å². The molecule has 4 nitrogen and oxygen atoms in total. The molecule has 82 valence electrons. The van der Waals surface area contributed by atoms with Gasteiger partial charge in [-0.15, -0.1) is 0 Å². The van der Waals surface area contributed by atoms with Gasteiger partial charge in [-0.25, -0.2) is 9.97 Å². The Balaban J connectivity index is 1.93. The Kier molecular flexibility index (Phi) is 3.64. The molecule has 1 fully saturated rings. The second-order valence-electron chi connectivity index (χ2n) is 3.98. The van der Waals surface area contributed by atoms with E-state index in [9.17, 15) is 0 Å². The summed E-state index contributed by atoms with van der Waals surface area (Å²) in [6, 6.07) is 2.69. The molecule has 1 saturated heterocycles. The molecule has 15 heavy (non-hydrogen) atoms. The highest BCUT2D eigenvalue weighted by Gasteiger charge is 2.23. The Morgan fingerprint density at radius 1 is 1.53 bits per heavy atom. The summed E-state index contributed by atoms with van der Waals surface area (Å²) in [4.78, 5) is 10.7. The van der Waals surface area contributed by atoms with E-state index in [0.717, 1.165) is 31.9 Å². The Labute approximate surface area is 90.7 Å². The maximum absolute atomic E-state index is 4.27. The molecular weight excluding hydrogens is 188 g/mol. The topological polar surface area (TPSA) is 41.1 Å². The zero-order valence-corrected chi connectivity index (χ0v) is 9.19. The van der Waals surface area contributed by atoms with Gasteiger partial charge in [0.2, 0.25) is 0 Å². The average Bonchev–Trinajstić information content (AvgIpc) is 2.17. The summed E-state index contributed by atoms with van der Waals surface area (Å²) < 4.78 is 0. The van der Waals surface area contributed by atoms with Gasteiger partial charge in [-0.05, 0) is 19.0 Å². The van der Waals surface area contributed by atoms with Gasteiger partial charge in [0, 0.05) is 31.9 Å². The van der Waals surface area contributed by atoms with E-state index in [0.29, 0.717) is 6.04 Å². The van der Waals surface area contributed by atoms with Crippen molar-refractivity contribution in [1.29, 1.82) is 0 Å². The minimum atomic E-state index is 0.694. The third kappa shape index (κ3) is 2.73. The zero-order valence-electron chi connectivity index (χ0n) is 9.19. The molecule has 1 N–H and O–H groups in total. The van der Waals surface area contributed by atoms with E-state index < -0.39 is 0 Å². The number of hydrogen-bond acceptors (Lipinski definition) is 4. The Morgan fingerprint density at radius 3 is 2.93 bits per heavy atom. The van der Waals surface area contributed by atoms with Crippen molar-refractivity contribution in [2.24, 2.45) is 0 Å². The number of rotatable bonds is 5. The largest absolute Gasteiger partial charge is 0.314 e. The van der Waals surface area contributed by atoms with E-state index in [-0.39, 0.29) is 0 Å². The summed E-state index contributed by atoms with van der Waals surface area (Å²) in [5.74, 6) is 0. The summed E-state index contributed by atoms with van der Waals surface area (Å²) in [6.45, 7) is 6.55. The van der Waals surface area contributed by atoms with Crippen molar-refractivity contribution in [3.8, 4) is 0 Å². The first-order chi connectivity index (χ1) is 7.40. The normalized spacial score (nSPS) is 16.7. The van der Waals surface area contributed by atoms with Crippen LogP contribution in [0.15, 0.2) is 18.6 Å². The van der Waals surface area contributed by atoms with Crippen LogP contribution in [0.4, 0.5) is 0 Å². The summed E-state index contributed by atoms with van der Waals surface area (Å²) in [6.07, 6.45) is 4.63. The van der Waals surface area contributed by atoms with Crippen molar-refractivity contribution >= 4 is 0 Å². The number of aromatic nitrogens is 2. The fourth-order valence-electron chi connectivity index (χ4n) is 1.83. The van der Waals surface area contributed by atoms with Gasteiger partial charge in [0.1, 0.15) is 6.33 Å². The molecule has 0 aromatic carbocycles. The average molecular weight is 206 g/mol. The lowest BCUT2D eigenvalue weighted by Gasteiger charge is -2.37. The lowest BCUT2D eigenvalue weighted by atomic mass is 10.1. The highest BCUT2D eigenvalue weighted by Crippen LogP contribution is 2.09. The van der Waals surface area contributed by atoms with Gasteiger partial charge in [-0.3, -0.25) is 4.90 Å². The van der Waals surface area contributed by atoms with E-state index in [2.05, 4.69) is 27.1 Å². The highest BCUT2D eigenvalue weighted by molar-refractivity contribution is 4.99. The van der Waals surface area contributed by atoms with Gasteiger partial charge in [0.15, 0.2) is 0 Å². The molecule has 0 bridgehead atoms. The molecule has 0 radical (unpaired) electrons. The van der Waals surface area contributed by atoms with Crippen molar-refractivity contribution in [1.82, 2.24) is 20.2 Å². The Hall–Kier alpha value is -1.00. The molecule has 2 rings (SSSR count). The van der Waals surface area contributed by atoms with E-state index in [4.69, 9.17) is 0 Å². The standard InChI is InChI=1S/C11H18N4/c1-2-5-15(11-6-13-7-11)8-10-3-4-12-9-14-10/h3-4,9,11,13H,2,5-8H2,1H3. The van der Waals surface area contributed by atoms with Crippen LogP contribution in [0, 0.1) is 0 Å². The first-order valence-corrected chi connectivity index (χ1v) is 5.60. The third-order valence-corrected chi connectivity index (χ3v) is 2.80. The second-order valence-corrected chi connectivity index (χ2v) is 3.98. The van der Waals surface area contributed by atoms with Gasteiger partial charge in [0.25, 0.3) is 0 Å². The van der Waals surface area contributed by atoms with Gasteiger partial charge in [-0.2, -0.15) is 0 Å². The van der Waals surface area contributed by atoms with E-state index in [1.54, 1.807) is 6.33 Å². The summed E-state index contributed by atoms with van der Waals surface area (Å²) >= 11 is 0. The Bertz CT molecular complexity index is 284. The number of hydrogen-bond donors (Lipinski definition) is 1. The van der Waals surface area contributed by atoms with E-state index in [1.807, 2.05) is 12.3 Å². The maximum Gasteiger partial charge on any atom is 0.115 e. The minimum Gasteiger partial charge on any atom is -0.314 e.